The molecular weight excluding hydrogens is 384 g/mol. The molecule has 146 valence electrons. The summed E-state index contributed by atoms with van der Waals surface area (Å²) < 4.78 is 21.1. The largest absolute Gasteiger partial charge is 0.490 e. The van der Waals surface area contributed by atoms with Crippen LogP contribution >= 0.6 is 11.3 Å². The number of carbonyl (C=O) groups is 3. The highest BCUT2D eigenvalue weighted by molar-refractivity contribution is 7.12. The lowest BCUT2D eigenvalue weighted by atomic mass is 10.1. The van der Waals surface area contributed by atoms with Gasteiger partial charge in [0, 0.05) is 13.8 Å². The van der Waals surface area contributed by atoms with Gasteiger partial charge in [0.25, 0.3) is 5.79 Å². The van der Waals surface area contributed by atoms with Crippen molar-refractivity contribution in [3.63, 3.8) is 0 Å². The van der Waals surface area contributed by atoms with Crippen molar-refractivity contribution in [1.82, 2.24) is 0 Å². The van der Waals surface area contributed by atoms with E-state index < -0.39 is 23.7 Å². The van der Waals surface area contributed by atoms with Gasteiger partial charge < -0.3 is 18.9 Å². The van der Waals surface area contributed by atoms with Crippen LogP contribution in [0.4, 0.5) is 0 Å². The van der Waals surface area contributed by atoms with Gasteiger partial charge in [0.2, 0.25) is 0 Å². The second-order valence-electron chi connectivity index (χ2n) is 6.24. The Morgan fingerprint density at radius 2 is 1.86 bits per heavy atom. The zero-order valence-electron chi connectivity index (χ0n) is 15.5. The molecule has 0 atom stereocenters. The van der Waals surface area contributed by atoms with Gasteiger partial charge in [-0.15, -0.1) is 11.3 Å². The van der Waals surface area contributed by atoms with E-state index in [1.54, 1.807) is 36.6 Å². The van der Waals surface area contributed by atoms with Crippen LogP contribution in [0.1, 0.15) is 36.0 Å². The molecule has 1 aliphatic heterocycles. The summed E-state index contributed by atoms with van der Waals surface area (Å²) in [6.07, 6.45) is 1.34. The van der Waals surface area contributed by atoms with E-state index in [1.165, 1.54) is 37.3 Å². The number of carbonyl (C=O) groups excluding carboxylic acids is 3. The molecule has 0 amide bonds. The van der Waals surface area contributed by atoms with Gasteiger partial charge in [-0.2, -0.15) is 0 Å². The SMILES string of the molecule is CCOc1cc(C=C2C(=O)OC(C)(C)OC2=O)ccc1OC(=O)c1cccs1. The first-order valence-electron chi connectivity index (χ1n) is 8.50. The Hall–Kier alpha value is -3.13. The second-order valence-corrected chi connectivity index (χ2v) is 7.19. The van der Waals surface area contributed by atoms with Gasteiger partial charge in [0.15, 0.2) is 11.5 Å². The van der Waals surface area contributed by atoms with Crippen molar-refractivity contribution in [2.24, 2.45) is 0 Å². The summed E-state index contributed by atoms with van der Waals surface area (Å²) in [5.41, 5.74) is 0.257. The maximum absolute atomic E-state index is 12.2. The fraction of sp³-hybridized carbons (Fsp3) is 0.250. The summed E-state index contributed by atoms with van der Waals surface area (Å²) in [5.74, 6) is -2.80. The molecule has 1 aromatic carbocycles. The zero-order chi connectivity index (χ0) is 20.3. The third-order valence-electron chi connectivity index (χ3n) is 3.62. The van der Waals surface area contributed by atoms with Crippen LogP contribution in [-0.2, 0) is 19.1 Å². The predicted molar refractivity (Wildman–Crippen MR) is 101 cm³/mol. The Bertz CT molecular complexity index is 919. The zero-order valence-corrected chi connectivity index (χ0v) is 16.3. The highest BCUT2D eigenvalue weighted by Gasteiger charge is 2.38. The van der Waals surface area contributed by atoms with Crippen LogP contribution in [0.2, 0.25) is 0 Å². The molecule has 1 aliphatic rings. The molecule has 3 rings (SSSR count). The van der Waals surface area contributed by atoms with Gasteiger partial charge in [0.05, 0.1) is 6.61 Å². The quantitative estimate of drug-likeness (QED) is 0.327. The van der Waals surface area contributed by atoms with Crippen LogP contribution in [0.3, 0.4) is 0 Å². The lowest BCUT2D eigenvalue weighted by molar-refractivity contribution is -0.222. The van der Waals surface area contributed by atoms with Crippen LogP contribution in [0.15, 0.2) is 41.3 Å². The normalized spacial score (nSPS) is 15.5. The summed E-state index contributed by atoms with van der Waals surface area (Å²) in [4.78, 5) is 36.8. The van der Waals surface area contributed by atoms with E-state index in [2.05, 4.69) is 0 Å². The molecule has 1 saturated heterocycles. The summed E-state index contributed by atoms with van der Waals surface area (Å²) in [6.45, 7) is 5.07. The van der Waals surface area contributed by atoms with E-state index >= 15 is 0 Å². The molecule has 7 nitrogen and oxygen atoms in total. The highest BCUT2D eigenvalue weighted by Crippen LogP contribution is 2.31. The minimum atomic E-state index is -1.30. The molecule has 28 heavy (non-hydrogen) atoms. The van der Waals surface area contributed by atoms with Crippen molar-refractivity contribution >= 4 is 35.3 Å². The maximum atomic E-state index is 12.2. The van der Waals surface area contributed by atoms with Crippen molar-refractivity contribution in [2.45, 2.75) is 26.6 Å². The Labute approximate surface area is 165 Å². The first-order chi connectivity index (χ1) is 13.3. The average molecular weight is 402 g/mol. The maximum Gasteiger partial charge on any atom is 0.353 e. The summed E-state index contributed by atoms with van der Waals surface area (Å²) in [5, 5.41) is 1.78. The number of rotatable bonds is 5. The highest BCUT2D eigenvalue weighted by atomic mass is 32.1. The number of thiophene rings is 1. The lowest BCUT2D eigenvalue weighted by Gasteiger charge is -2.29. The van der Waals surface area contributed by atoms with Gasteiger partial charge in [0.1, 0.15) is 10.5 Å². The third-order valence-corrected chi connectivity index (χ3v) is 4.47. The van der Waals surface area contributed by atoms with E-state index in [4.69, 9.17) is 18.9 Å². The molecule has 0 spiro atoms. The summed E-state index contributed by atoms with van der Waals surface area (Å²) >= 11 is 1.27. The minimum absolute atomic E-state index is 0.231. The molecule has 0 aliphatic carbocycles. The second kappa shape index (κ2) is 7.85. The Balaban J connectivity index is 1.87. The van der Waals surface area contributed by atoms with E-state index in [1.807, 2.05) is 0 Å². The standard InChI is InChI=1S/C20H18O7S/c1-4-24-15-11-12(10-13-17(21)26-20(2,3)27-18(13)22)7-8-14(15)25-19(23)16-6-5-9-28-16/h5-11H,4H2,1-3H3. The Kier molecular flexibility index (Phi) is 5.51. The number of benzene rings is 1. The van der Waals surface area contributed by atoms with Gasteiger partial charge in [-0.25, -0.2) is 14.4 Å². The average Bonchev–Trinajstić information content (AvgIpc) is 3.14. The monoisotopic (exact) mass is 402 g/mol. The number of cyclic esters (lactones) is 2. The van der Waals surface area contributed by atoms with E-state index in [9.17, 15) is 14.4 Å². The number of ether oxygens (including phenoxy) is 4. The number of hydrogen-bond acceptors (Lipinski definition) is 8. The van der Waals surface area contributed by atoms with E-state index in [0.717, 1.165) is 0 Å². The van der Waals surface area contributed by atoms with Crippen LogP contribution in [0, 0.1) is 0 Å². The number of esters is 3. The van der Waals surface area contributed by atoms with Crippen molar-refractivity contribution in [2.75, 3.05) is 6.61 Å². The molecule has 0 radical (unpaired) electrons. The van der Waals surface area contributed by atoms with E-state index in [-0.39, 0.29) is 11.3 Å². The van der Waals surface area contributed by atoms with Crippen LogP contribution in [0.5, 0.6) is 11.5 Å². The minimum Gasteiger partial charge on any atom is -0.490 e. The Morgan fingerprint density at radius 1 is 1.14 bits per heavy atom. The predicted octanol–water partition coefficient (Wildman–Crippen LogP) is 3.59. The molecule has 0 saturated carbocycles. The van der Waals surface area contributed by atoms with Crippen LogP contribution < -0.4 is 9.47 Å². The molecule has 8 heteroatoms. The summed E-state index contributed by atoms with van der Waals surface area (Å²) in [7, 11) is 0. The van der Waals surface area contributed by atoms with Gasteiger partial charge in [-0.05, 0) is 42.1 Å². The molecular formula is C20H18O7S. The van der Waals surface area contributed by atoms with Gasteiger partial charge in [-0.1, -0.05) is 12.1 Å². The van der Waals surface area contributed by atoms with Crippen molar-refractivity contribution in [3.8, 4) is 11.5 Å². The molecule has 0 N–H and O–H groups in total. The number of hydrogen-bond donors (Lipinski definition) is 0. The summed E-state index contributed by atoms with van der Waals surface area (Å²) in [6, 6.07) is 8.10. The van der Waals surface area contributed by atoms with Gasteiger partial charge >= 0.3 is 17.9 Å². The molecule has 2 heterocycles. The third kappa shape index (κ3) is 4.40. The first kappa shape index (κ1) is 19.6. The molecule has 1 aromatic heterocycles. The first-order valence-corrected chi connectivity index (χ1v) is 9.38. The van der Waals surface area contributed by atoms with Gasteiger partial charge in [-0.3, -0.25) is 0 Å². The van der Waals surface area contributed by atoms with Crippen LogP contribution in [-0.4, -0.2) is 30.3 Å². The van der Waals surface area contributed by atoms with E-state index in [0.29, 0.717) is 22.8 Å². The fourth-order valence-electron chi connectivity index (χ4n) is 2.46. The molecule has 1 fully saturated rings. The van der Waals surface area contributed by atoms with Crippen molar-refractivity contribution < 1.29 is 33.3 Å². The molecule has 2 aromatic rings. The molecule has 0 bridgehead atoms. The van der Waals surface area contributed by atoms with Crippen molar-refractivity contribution in [1.29, 1.82) is 0 Å². The topological polar surface area (TPSA) is 88.1 Å². The fourth-order valence-corrected chi connectivity index (χ4v) is 3.06. The van der Waals surface area contributed by atoms with Crippen LogP contribution in [0.25, 0.3) is 6.08 Å². The molecule has 0 unspecified atom stereocenters. The van der Waals surface area contributed by atoms with Crippen molar-refractivity contribution in [3.05, 3.63) is 51.7 Å². The lowest BCUT2D eigenvalue weighted by Crippen LogP contribution is -2.41. The smallest absolute Gasteiger partial charge is 0.353 e. The Morgan fingerprint density at radius 3 is 2.46 bits per heavy atom.